The number of hydrogen-bond donors (Lipinski definition) is 4. The predicted octanol–water partition coefficient (Wildman–Crippen LogP) is 6.67. The largest absolute Gasteiger partial charge is 0.0603 e. The topological polar surface area (TPSA) is 179 Å². The van der Waals surface area contributed by atoms with E-state index >= 15 is 0 Å². The first-order valence-electron chi connectivity index (χ1n) is 23.2. The molecule has 3 heterocycles. The van der Waals surface area contributed by atoms with Crippen LogP contribution in [0.15, 0.2) is 72.8 Å². The molecule has 6 atom stereocenters. The van der Waals surface area contributed by atoms with Crippen molar-refractivity contribution in [3.05, 3.63) is 83.9 Å². The van der Waals surface area contributed by atoms with Crippen LogP contribution in [0, 0.1) is 11.8 Å². The summed E-state index contributed by atoms with van der Waals surface area (Å²) in [5.41, 5.74) is 4.59. The van der Waals surface area contributed by atoms with E-state index in [1.54, 1.807) is 9.80 Å². The van der Waals surface area contributed by atoms with Gasteiger partial charge < -0.3 is 29.9 Å². The maximum atomic E-state index is 13.7. The summed E-state index contributed by atoms with van der Waals surface area (Å²) in [6, 6.07) is 22.0. The molecule has 6 amide bonds. The van der Waals surface area contributed by atoms with Gasteiger partial charge in [0.25, 0.3) is 0 Å². The number of hydrogen-bond acceptors (Lipinski definition) is 9. The van der Waals surface area contributed by atoms with Gasteiger partial charge in [-0.05, 0) is 37.5 Å². The maximum absolute atomic E-state index is 13.7. The molecule has 3 saturated heterocycles. The molecule has 352 valence electrons. The van der Waals surface area contributed by atoms with Crippen LogP contribution < -0.4 is 31.4 Å². The van der Waals surface area contributed by atoms with E-state index in [0.717, 1.165) is 29.7 Å². The number of nitrogens with zero attached hydrogens (tertiary/aromatic N) is 3. The number of amides is 6. The number of benzene rings is 3. The first-order valence-corrected chi connectivity index (χ1v) is 27.2. The molecule has 65 heavy (non-hydrogen) atoms. The van der Waals surface area contributed by atoms with E-state index in [4.69, 9.17) is 9.47 Å². The summed E-state index contributed by atoms with van der Waals surface area (Å²) in [4.78, 5) is 84.1. The van der Waals surface area contributed by atoms with Gasteiger partial charge in [-0.3, -0.25) is 19.2 Å². The smallest absolute Gasteiger partial charge is 0.0175 e. The number of methoxy groups -OCH3 is 2. The summed E-state index contributed by atoms with van der Waals surface area (Å²) in [6.45, 7) is 15.3. The van der Waals surface area contributed by atoms with E-state index in [0.29, 0.717) is 50.1 Å². The van der Waals surface area contributed by atoms with Gasteiger partial charge in [-0.1, -0.05) is 27.7 Å². The molecule has 0 spiro atoms. The van der Waals surface area contributed by atoms with Crippen LogP contribution in [0.3, 0.4) is 0 Å². The summed E-state index contributed by atoms with van der Waals surface area (Å²) >= 11 is 0. The van der Waals surface area contributed by atoms with E-state index in [1.165, 1.54) is 19.4 Å². The fraction of sp³-hybridized carbons (Fsp3) is 0.510. The number of nitrogens with one attached hydrogen (secondary N) is 4. The molecule has 0 bridgehead atoms. The van der Waals surface area contributed by atoms with Gasteiger partial charge in [0, 0.05) is 13.1 Å². The number of anilines is 3. The van der Waals surface area contributed by atoms with Crippen molar-refractivity contribution in [3.63, 3.8) is 0 Å². The Balaban J connectivity index is 1.17. The fourth-order valence-electron chi connectivity index (χ4n) is 9.44. The number of likely N-dealkylation sites (tertiary alicyclic amines) is 2. The Bertz CT molecular complexity index is 2050. The Hall–Kier alpha value is -5.90. The van der Waals surface area contributed by atoms with Crippen LogP contribution >= 0.6 is 0 Å². The van der Waals surface area contributed by atoms with Crippen molar-refractivity contribution in [2.24, 2.45) is 11.8 Å². The molecule has 16 heteroatoms. The molecule has 3 aromatic rings. The Morgan fingerprint density at radius 3 is 1.29 bits per heavy atom. The average Bonchev–Trinajstić information content (AvgIpc) is 4.08. The maximum Gasteiger partial charge on any atom is -0.0175 e. The molecule has 0 unspecified atom stereocenters. The summed E-state index contributed by atoms with van der Waals surface area (Å²) in [7, 11) is 0.647. The zero-order chi connectivity index (χ0) is 47.2. The zero-order valence-corrected chi connectivity index (χ0v) is 40.5. The molecule has 0 aromatic heterocycles. The Labute approximate surface area is 384 Å². The summed E-state index contributed by atoms with van der Waals surface area (Å²) in [5, 5.41) is 12.8. The van der Waals surface area contributed by atoms with Crippen LogP contribution in [-0.4, -0.2) is 105 Å². The van der Waals surface area contributed by atoms with Crippen LogP contribution in [0.5, 0.6) is 0 Å². The van der Waals surface area contributed by atoms with Gasteiger partial charge in [0.05, 0.1) is 14.2 Å². The number of carbonyl (C=O) groups is 6. The van der Waals surface area contributed by atoms with Gasteiger partial charge in [-0.2, -0.15) is 0 Å². The van der Waals surface area contributed by atoms with E-state index in [2.05, 4.69) is 94.3 Å². The molecule has 6 rings (SSSR count). The third-order valence-electron chi connectivity index (χ3n) is 13.2. The second-order valence-electron chi connectivity index (χ2n) is 19.5. The van der Waals surface area contributed by atoms with Crippen molar-refractivity contribution < 1.29 is 38.2 Å². The van der Waals surface area contributed by atoms with Crippen LogP contribution in [0.4, 0.5) is 26.7 Å². The Kier molecular flexibility index (Phi) is 15.6. The van der Waals surface area contributed by atoms with Gasteiger partial charge in [0.15, 0.2) is 0 Å². The van der Waals surface area contributed by atoms with E-state index in [-0.39, 0.29) is 47.5 Å². The SMILES string of the molecule is COC(=O)N[C@H](C(=O)N1CCC[C@H]1C(=O)Nc1ccc([C@H]2CC[C@H](c3ccc(NC(=O)[C@@H]4CCCN4C(=O)[C@@H](NC(=O)OC)C(C)C)cc3)N2c2ccc([SiH-](C)(C)C)cc2)cc1)C(C)C. The molecule has 3 aromatic carbocycles. The summed E-state index contributed by atoms with van der Waals surface area (Å²) in [6.07, 6.45) is 2.80. The third-order valence-corrected chi connectivity index (χ3v) is 15.5. The third kappa shape index (κ3) is 11.3. The van der Waals surface area contributed by atoms with Crippen molar-refractivity contribution in [1.82, 2.24) is 20.4 Å². The molecule has 3 aliphatic rings. The van der Waals surface area contributed by atoms with Crippen molar-refractivity contribution in [2.75, 3.05) is 42.8 Å². The second kappa shape index (κ2) is 20.9. The predicted molar refractivity (Wildman–Crippen MR) is 256 cm³/mol. The average molecular weight is 911 g/mol. The normalized spacial score (nSPS) is 20.9. The van der Waals surface area contributed by atoms with Crippen molar-refractivity contribution in [3.8, 4) is 0 Å². The van der Waals surface area contributed by atoms with Crippen LogP contribution in [0.2, 0.25) is 19.6 Å². The molecule has 3 aliphatic heterocycles. The number of carbonyl (C=O) groups excluding carboxylic acids is 6. The van der Waals surface area contributed by atoms with E-state index in [1.807, 2.05) is 52.0 Å². The molecular weight excluding hydrogens is 843 g/mol. The fourth-order valence-corrected chi connectivity index (χ4v) is 10.8. The molecule has 0 aliphatic carbocycles. The number of rotatable bonds is 14. The second-order valence-corrected chi connectivity index (χ2v) is 25.4. The van der Waals surface area contributed by atoms with Crippen LogP contribution in [0.25, 0.3) is 0 Å². The molecule has 0 radical (unpaired) electrons. The first-order chi connectivity index (χ1) is 30.9. The number of ether oxygens (including phenoxy) is 2. The molecule has 0 saturated carbocycles. The quantitative estimate of drug-likeness (QED) is 0.129. The molecule has 3 fully saturated rings. The van der Waals surface area contributed by atoms with Gasteiger partial charge in [-0.15, -0.1) is 0 Å². The summed E-state index contributed by atoms with van der Waals surface area (Å²) in [5.74, 6) is -1.54. The van der Waals surface area contributed by atoms with Crippen molar-refractivity contribution in [2.45, 2.75) is 122 Å². The number of alkyl carbamates (subject to hydrolysis) is 2. The van der Waals surface area contributed by atoms with Crippen LogP contribution in [0.1, 0.15) is 89.4 Å². The minimum Gasteiger partial charge on any atom is -0.0603 e. The Morgan fingerprint density at radius 1 is 0.569 bits per heavy atom. The van der Waals surface area contributed by atoms with Gasteiger partial charge in [0.2, 0.25) is 11.8 Å². The minimum absolute atomic E-state index is 0.0387. The van der Waals surface area contributed by atoms with E-state index in [9.17, 15) is 28.8 Å². The van der Waals surface area contributed by atoms with Crippen molar-refractivity contribution >= 4 is 66.1 Å². The molecule has 15 nitrogen and oxygen atoms in total. The van der Waals surface area contributed by atoms with E-state index < -0.39 is 44.4 Å². The van der Waals surface area contributed by atoms with Crippen LogP contribution in [-0.2, 0) is 28.7 Å². The first kappa shape index (κ1) is 48.6. The minimum atomic E-state index is -1.86. The van der Waals surface area contributed by atoms with Crippen molar-refractivity contribution in [1.29, 1.82) is 0 Å². The molecule has 4 N–H and O–H groups in total. The Morgan fingerprint density at radius 2 is 0.954 bits per heavy atom. The zero-order valence-electron chi connectivity index (χ0n) is 39.4. The monoisotopic (exact) mass is 910 g/mol. The van der Waals surface area contributed by atoms with Gasteiger partial charge in [0.1, 0.15) is 24.2 Å². The van der Waals surface area contributed by atoms with Gasteiger partial charge in [-0.25, -0.2) is 9.59 Å². The van der Waals surface area contributed by atoms with Gasteiger partial charge >= 0.3 is 198 Å². The summed E-state index contributed by atoms with van der Waals surface area (Å²) < 4.78 is 9.49. The molecular formula is C49H68N7O8Si-. The standard InChI is InChI=1S/C49H68N7O8Si/c1-30(2)42(52-48(61)63-5)46(59)54-28-10-12-40(54)44(57)50-34-18-14-32(15-19-34)38-26-27-39(56(38)36-22-24-37(25-23-36)65(7,8)9)33-16-20-35(21-17-33)51-45(58)41-13-11-29-55(41)47(60)43(31(3)4)53-49(62)64-6/h14-25,30-31,38-43,65H,10-13,26-29H2,1-9H3,(H,50,57)(H,51,58)(H,52,61)(H,53,62)/q-1/t38-,39-,40+,41+,42+,43+/m1/s1.